The smallest absolute Gasteiger partial charge is 0.305 e. The van der Waals surface area contributed by atoms with Gasteiger partial charge in [0, 0.05) is 12.8 Å². The van der Waals surface area contributed by atoms with Crippen molar-refractivity contribution < 1.29 is 24.5 Å². The van der Waals surface area contributed by atoms with E-state index in [4.69, 9.17) is 4.74 Å². The van der Waals surface area contributed by atoms with Gasteiger partial charge in [0.05, 0.1) is 25.4 Å². The predicted molar refractivity (Wildman–Crippen MR) is 315 cm³/mol. The molecule has 424 valence electrons. The summed E-state index contributed by atoms with van der Waals surface area (Å²) in [6.07, 6.45) is 77.9. The highest BCUT2D eigenvalue weighted by Crippen LogP contribution is 2.17. The van der Waals surface area contributed by atoms with Gasteiger partial charge in [0.2, 0.25) is 5.91 Å². The number of rotatable bonds is 60. The Bertz CT molecular complexity index is 1170. The topological polar surface area (TPSA) is 95.9 Å². The maximum absolute atomic E-state index is 12.4. The van der Waals surface area contributed by atoms with Crippen molar-refractivity contribution >= 4 is 11.9 Å². The number of allylic oxidation sites excluding steroid dienone is 5. The van der Waals surface area contributed by atoms with E-state index in [1.807, 2.05) is 6.08 Å². The first-order valence-electron chi connectivity index (χ1n) is 32.3. The van der Waals surface area contributed by atoms with Crippen LogP contribution in [0.25, 0.3) is 0 Å². The molecule has 0 heterocycles. The summed E-state index contributed by atoms with van der Waals surface area (Å²) in [6, 6.07) is -0.625. The second-order valence-corrected chi connectivity index (χ2v) is 22.1. The zero-order valence-corrected chi connectivity index (χ0v) is 48.4. The fourth-order valence-electron chi connectivity index (χ4n) is 9.96. The van der Waals surface area contributed by atoms with Crippen LogP contribution in [0, 0.1) is 0 Å². The highest BCUT2D eigenvalue weighted by Gasteiger charge is 2.18. The lowest BCUT2D eigenvalue weighted by Gasteiger charge is -2.20. The molecule has 6 heteroatoms. The summed E-state index contributed by atoms with van der Waals surface area (Å²) in [5, 5.41) is 23.0. The van der Waals surface area contributed by atoms with Crippen LogP contribution >= 0.6 is 0 Å². The number of hydrogen-bond acceptors (Lipinski definition) is 5. The van der Waals surface area contributed by atoms with Gasteiger partial charge in [-0.15, -0.1) is 0 Å². The zero-order valence-electron chi connectivity index (χ0n) is 48.4. The van der Waals surface area contributed by atoms with Gasteiger partial charge in [-0.1, -0.05) is 307 Å². The lowest BCUT2D eigenvalue weighted by Crippen LogP contribution is -2.45. The minimum Gasteiger partial charge on any atom is -0.466 e. The van der Waals surface area contributed by atoms with Crippen LogP contribution in [0.15, 0.2) is 36.5 Å². The van der Waals surface area contributed by atoms with Gasteiger partial charge in [0.25, 0.3) is 0 Å². The Balaban J connectivity index is 3.37. The molecule has 0 fully saturated rings. The fraction of sp³-hybridized carbons (Fsp3) is 0.879. The molecule has 0 spiro atoms. The SMILES string of the molecule is CCCCCCCCC/C=C/C(O)C(CO)NC(=O)CCCCCCCCCCCCCCCCC/C=C\C/C=C\CCCCCCCCCCCOC(=O)CCCCCCCCCCCCCCCCC. The molecule has 0 aliphatic rings. The lowest BCUT2D eigenvalue weighted by atomic mass is 10.0. The van der Waals surface area contributed by atoms with E-state index in [1.165, 1.54) is 276 Å². The number of aliphatic hydroxyl groups is 2. The number of esters is 1. The van der Waals surface area contributed by atoms with Crippen molar-refractivity contribution in [1.82, 2.24) is 5.32 Å². The highest BCUT2D eigenvalue weighted by molar-refractivity contribution is 5.76. The molecule has 2 unspecified atom stereocenters. The van der Waals surface area contributed by atoms with Crippen molar-refractivity contribution in [2.45, 2.75) is 360 Å². The molecule has 0 saturated heterocycles. The van der Waals surface area contributed by atoms with Gasteiger partial charge < -0.3 is 20.3 Å². The molecular weight excluding hydrogens is 887 g/mol. The Morgan fingerprint density at radius 3 is 1.06 bits per heavy atom. The molecule has 0 radical (unpaired) electrons. The monoisotopic (exact) mass is 1010 g/mol. The fourth-order valence-corrected chi connectivity index (χ4v) is 9.96. The van der Waals surface area contributed by atoms with Gasteiger partial charge in [0.1, 0.15) is 0 Å². The number of hydrogen-bond donors (Lipinski definition) is 3. The van der Waals surface area contributed by atoms with Crippen molar-refractivity contribution in [2.24, 2.45) is 0 Å². The maximum atomic E-state index is 12.4. The molecule has 0 aromatic carbocycles. The summed E-state index contributed by atoms with van der Waals surface area (Å²) in [5.41, 5.74) is 0. The third-order valence-corrected chi connectivity index (χ3v) is 14.9. The van der Waals surface area contributed by atoms with E-state index < -0.39 is 12.1 Å². The number of carbonyl (C=O) groups is 2. The van der Waals surface area contributed by atoms with Crippen LogP contribution in [0.4, 0.5) is 0 Å². The average Bonchev–Trinajstić information content (AvgIpc) is 3.38. The minimum atomic E-state index is -0.841. The van der Waals surface area contributed by atoms with Crippen molar-refractivity contribution in [1.29, 1.82) is 0 Å². The Kier molecular flexibility index (Phi) is 60.0. The molecular formula is C66H125NO5. The molecule has 3 N–H and O–H groups in total. The average molecular weight is 1010 g/mol. The zero-order chi connectivity index (χ0) is 52.2. The first-order chi connectivity index (χ1) is 35.5. The largest absolute Gasteiger partial charge is 0.466 e. The molecule has 1 amide bonds. The van der Waals surface area contributed by atoms with Crippen molar-refractivity contribution in [3.05, 3.63) is 36.5 Å². The van der Waals surface area contributed by atoms with Crippen LogP contribution in [0.2, 0.25) is 0 Å². The molecule has 0 bridgehead atoms. The molecule has 0 rings (SSSR count). The van der Waals surface area contributed by atoms with Crippen LogP contribution in [0.5, 0.6) is 0 Å². The Labute approximate surface area is 449 Å². The number of amides is 1. The van der Waals surface area contributed by atoms with E-state index >= 15 is 0 Å². The summed E-state index contributed by atoms with van der Waals surface area (Å²) in [7, 11) is 0. The maximum Gasteiger partial charge on any atom is 0.305 e. The predicted octanol–water partition coefficient (Wildman–Crippen LogP) is 20.4. The van der Waals surface area contributed by atoms with Gasteiger partial charge in [0.15, 0.2) is 0 Å². The molecule has 0 aromatic heterocycles. The number of ether oxygens (including phenoxy) is 1. The summed E-state index contributed by atoms with van der Waals surface area (Å²) in [5.74, 6) is -0.0537. The van der Waals surface area contributed by atoms with Crippen molar-refractivity contribution in [3.8, 4) is 0 Å². The van der Waals surface area contributed by atoms with E-state index in [0.29, 0.717) is 19.4 Å². The second kappa shape index (κ2) is 61.6. The number of carbonyl (C=O) groups excluding carboxylic acids is 2. The molecule has 72 heavy (non-hydrogen) atoms. The van der Waals surface area contributed by atoms with Gasteiger partial charge in [-0.05, 0) is 64.2 Å². The normalized spacial score (nSPS) is 12.8. The van der Waals surface area contributed by atoms with Crippen LogP contribution < -0.4 is 5.32 Å². The van der Waals surface area contributed by atoms with E-state index in [1.54, 1.807) is 6.08 Å². The first-order valence-corrected chi connectivity index (χ1v) is 32.3. The highest BCUT2D eigenvalue weighted by atomic mass is 16.5. The van der Waals surface area contributed by atoms with Crippen LogP contribution in [0.1, 0.15) is 348 Å². The van der Waals surface area contributed by atoms with Crippen LogP contribution in [-0.2, 0) is 14.3 Å². The Morgan fingerprint density at radius 1 is 0.389 bits per heavy atom. The van der Waals surface area contributed by atoms with Gasteiger partial charge >= 0.3 is 5.97 Å². The Hall–Kier alpha value is -1.92. The van der Waals surface area contributed by atoms with Gasteiger partial charge in [-0.2, -0.15) is 0 Å². The summed E-state index contributed by atoms with van der Waals surface area (Å²) >= 11 is 0. The van der Waals surface area contributed by atoms with E-state index in [0.717, 1.165) is 44.9 Å². The van der Waals surface area contributed by atoms with Crippen molar-refractivity contribution in [3.63, 3.8) is 0 Å². The number of nitrogens with one attached hydrogen (secondary N) is 1. The lowest BCUT2D eigenvalue weighted by molar-refractivity contribution is -0.143. The quantitative estimate of drug-likeness (QED) is 0.0320. The van der Waals surface area contributed by atoms with E-state index in [9.17, 15) is 19.8 Å². The summed E-state index contributed by atoms with van der Waals surface area (Å²) in [4.78, 5) is 24.5. The molecule has 6 nitrogen and oxygen atoms in total. The molecule has 2 atom stereocenters. The third kappa shape index (κ3) is 57.4. The van der Waals surface area contributed by atoms with Crippen LogP contribution in [0.3, 0.4) is 0 Å². The van der Waals surface area contributed by atoms with Crippen molar-refractivity contribution in [2.75, 3.05) is 13.2 Å². The van der Waals surface area contributed by atoms with E-state index in [2.05, 4.69) is 43.5 Å². The molecule has 0 saturated carbocycles. The molecule has 0 aliphatic carbocycles. The standard InChI is InChI=1S/C66H125NO5/c1-3-5-7-9-11-13-14-15-33-37-40-44-48-52-56-60-66(71)72-61-57-53-49-45-41-38-35-32-30-28-26-24-22-20-18-16-17-19-21-23-25-27-29-31-34-36-39-43-47-51-55-59-65(70)67-63(62-68)64(69)58-54-50-46-42-12-10-8-6-4-2/h18,20,24,26,54,58,63-64,68-69H,3-17,19,21-23,25,27-53,55-57,59-62H2,1-2H3,(H,67,70)/b20-18-,26-24-,58-54+. The third-order valence-electron chi connectivity index (χ3n) is 14.9. The van der Waals surface area contributed by atoms with Crippen LogP contribution in [-0.4, -0.2) is 47.4 Å². The molecule has 0 aliphatic heterocycles. The Morgan fingerprint density at radius 2 is 0.694 bits per heavy atom. The van der Waals surface area contributed by atoms with Gasteiger partial charge in [-0.3, -0.25) is 9.59 Å². The first kappa shape index (κ1) is 70.1. The molecule has 0 aromatic rings. The summed E-state index contributed by atoms with van der Waals surface area (Å²) in [6.45, 7) is 4.89. The number of aliphatic hydroxyl groups excluding tert-OH is 2. The van der Waals surface area contributed by atoms with Gasteiger partial charge in [-0.25, -0.2) is 0 Å². The van der Waals surface area contributed by atoms with E-state index in [-0.39, 0.29) is 18.5 Å². The second-order valence-electron chi connectivity index (χ2n) is 22.1. The minimum absolute atomic E-state index is 0.0158. The number of unbranched alkanes of at least 4 members (excludes halogenated alkanes) is 45. The summed E-state index contributed by atoms with van der Waals surface area (Å²) < 4.78 is 5.49.